The normalized spacial score (nSPS) is 10.7. The number of likely N-dealkylation sites (N-methyl/N-ethyl adjacent to an activating group) is 1. The highest BCUT2D eigenvalue weighted by Gasteiger charge is 2.13. The molecule has 0 saturated carbocycles. The maximum atomic E-state index is 13.1. The van der Waals surface area contributed by atoms with Gasteiger partial charge in [-0.25, -0.2) is 8.78 Å². The fourth-order valence-corrected chi connectivity index (χ4v) is 2.56. The number of hydrogen-bond acceptors (Lipinski definition) is 3. The third-order valence-electron chi connectivity index (χ3n) is 3.72. The summed E-state index contributed by atoms with van der Waals surface area (Å²) in [6, 6.07) is 8.48. The second-order valence-corrected chi connectivity index (χ2v) is 6.19. The molecule has 0 fully saturated rings. The molecule has 0 spiro atoms. The van der Waals surface area contributed by atoms with Crippen molar-refractivity contribution in [3.8, 4) is 0 Å². The fourth-order valence-electron chi connectivity index (χ4n) is 2.56. The molecule has 2 aromatic carbocycles. The minimum atomic E-state index is -0.776. The van der Waals surface area contributed by atoms with Crippen LogP contribution in [0.25, 0.3) is 0 Å². The predicted octanol–water partition coefficient (Wildman–Crippen LogP) is 3.09. The van der Waals surface area contributed by atoms with Crippen LogP contribution in [0.2, 0.25) is 0 Å². The van der Waals surface area contributed by atoms with Gasteiger partial charge < -0.3 is 10.6 Å². The summed E-state index contributed by atoms with van der Waals surface area (Å²) >= 11 is 0. The van der Waals surface area contributed by atoms with Gasteiger partial charge in [-0.05, 0) is 44.2 Å². The zero-order valence-electron chi connectivity index (χ0n) is 14.9. The number of benzene rings is 2. The summed E-state index contributed by atoms with van der Waals surface area (Å²) in [6.45, 7) is 3.70. The SMILES string of the molecule is Cc1cccc(C)c1NC(=O)CN(C)CC(=O)Nc1cc(F)cc(F)c1. The molecule has 0 radical (unpaired) electrons. The number of nitrogens with zero attached hydrogens (tertiary/aromatic N) is 1. The molecular weight excluding hydrogens is 340 g/mol. The number of carbonyl (C=O) groups excluding carboxylic acids is 2. The number of amides is 2. The lowest BCUT2D eigenvalue weighted by Gasteiger charge is -2.17. The van der Waals surface area contributed by atoms with Crippen molar-refractivity contribution < 1.29 is 18.4 Å². The molecule has 2 aromatic rings. The second-order valence-electron chi connectivity index (χ2n) is 6.19. The van der Waals surface area contributed by atoms with Gasteiger partial charge >= 0.3 is 0 Å². The first kappa shape index (κ1) is 19.5. The first-order chi connectivity index (χ1) is 12.2. The fraction of sp³-hybridized carbons (Fsp3) is 0.263. The molecule has 0 heterocycles. The van der Waals surface area contributed by atoms with E-state index >= 15 is 0 Å². The molecular formula is C19H21F2N3O2. The van der Waals surface area contributed by atoms with Crippen LogP contribution in [0, 0.1) is 25.5 Å². The van der Waals surface area contributed by atoms with Gasteiger partial charge in [-0.2, -0.15) is 0 Å². The van der Waals surface area contributed by atoms with E-state index in [2.05, 4.69) is 10.6 Å². The van der Waals surface area contributed by atoms with E-state index in [9.17, 15) is 18.4 Å². The summed E-state index contributed by atoms with van der Waals surface area (Å²) in [5.74, 6) is -2.28. The van der Waals surface area contributed by atoms with Crippen molar-refractivity contribution in [2.45, 2.75) is 13.8 Å². The van der Waals surface area contributed by atoms with Gasteiger partial charge in [0.25, 0.3) is 0 Å². The van der Waals surface area contributed by atoms with E-state index in [-0.39, 0.29) is 24.7 Å². The van der Waals surface area contributed by atoms with Crippen molar-refractivity contribution in [2.75, 3.05) is 30.8 Å². The van der Waals surface area contributed by atoms with Gasteiger partial charge in [-0.15, -0.1) is 0 Å². The van der Waals surface area contributed by atoms with Crippen molar-refractivity contribution in [3.63, 3.8) is 0 Å². The Hall–Kier alpha value is -2.80. The molecule has 5 nitrogen and oxygen atoms in total. The summed E-state index contributed by atoms with van der Waals surface area (Å²) in [6.07, 6.45) is 0. The highest BCUT2D eigenvalue weighted by Crippen LogP contribution is 2.19. The van der Waals surface area contributed by atoms with Gasteiger partial charge in [0.05, 0.1) is 13.1 Å². The van der Waals surface area contributed by atoms with Gasteiger partial charge in [0.15, 0.2) is 0 Å². The Labute approximate surface area is 151 Å². The van der Waals surface area contributed by atoms with E-state index in [0.29, 0.717) is 0 Å². The summed E-state index contributed by atoms with van der Waals surface area (Å²) in [5, 5.41) is 5.24. The third kappa shape index (κ3) is 5.63. The lowest BCUT2D eigenvalue weighted by atomic mass is 10.1. The van der Waals surface area contributed by atoms with Crippen LogP contribution in [-0.2, 0) is 9.59 Å². The largest absolute Gasteiger partial charge is 0.325 e. The predicted molar refractivity (Wildman–Crippen MR) is 97.0 cm³/mol. The first-order valence-electron chi connectivity index (χ1n) is 8.05. The standard InChI is InChI=1S/C19H21F2N3O2/c1-12-5-4-6-13(2)19(12)23-18(26)11-24(3)10-17(25)22-16-8-14(20)7-15(21)9-16/h4-9H,10-11H2,1-3H3,(H,22,25)(H,23,26). The molecule has 2 N–H and O–H groups in total. The van der Waals surface area contributed by atoms with Crippen molar-refractivity contribution >= 4 is 23.2 Å². The summed E-state index contributed by atoms with van der Waals surface area (Å²) in [5.41, 5.74) is 2.69. The topological polar surface area (TPSA) is 61.4 Å². The number of anilines is 2. The van der Waals surface area contributed by atoms with Crippen molar-refractivity contribution in [2.24, 2.45) is 0 Å². The molecule has 26 heavy (non-hydrogen) atoms. The second kappa shape index (κ2) is 8.53. The average Bonchev–Trinajstić information content (AvgIpc) is 2.49. The van der Waals surface area contributed by atoms with Crippen LogP contribution in [0.1, 0.15) is 11.1 Å². The highest BCUT2D eigenvalue weighted by molar-refractivity contribution is 5.95. The molecule has 7 heteroatoms. The number of hydrogen-bond donors (Lipinski definition) is 2. The number of rotatable bonds is 6. The Morgan fingerprint density at radius 2 is 1.42 bits per heavy atom. The van der Waals surface area contributed by atoms with Crippen molar-refractivity contribution in [1.29, 1.82) is 0 Å². The van der Waals surface area contributed by atoms with Gasteiger partial charge in [-0.1, -0.05) is 18.2 Å². The molecule has 0 atom stereocenters. The lowest BCUT2D eigenvalue weighted by Crippen LogP contribution is -2.36. The maximum absolute atomic E-state index is 13.1. The Kier molecular flexibility index (Phi) is 6.41. The minimum Gasteiger partial charge on any atom is -0.325 e. The van der Waals surface area contributed by atoms with Gasteiger partial charge in [0.1, 0.15) is 11.6 Å². The van der Waals surface area contributed by atoms with Crippen molar-refractivity contribution in [1.82, 2.24) is 4.90 Å². The van der Waals surface area contributed by atoms with E-state index in [1.165, 1.54) is 4.90 Å². The van der Waals surface area contributed by atoms with Crippen LogP contribution >= 0.6 is 0 Å². The molecule has 0 aromatic heterocycles. The van der Waals surface area contributed by atoms with Crippen molar-refractivity contribution in [3.05, 3.63) is 59.2 Å². The minimum absolute atomic E-state index is 0.00128. The zero-order valence-corrected chi connectivity index (χ0v) is 14.9. The average molecular weight is 361 g/mol. The number of para-hydroxylation sites is 1. The monoisotopic (exact) mass is 361 g/mol. The van der Waals surface area contributed by atoms with Crippen LogP contribution in [0.4, 0.5) is 20.2 Å². The van der Waals surface area contributed by atoms with Crippen LogP contribution in [0.5, 0.6) is 0 Å². The molecule has 0 aliphatic carbocycles. The summed E-state index contributed by atoms with van der Waals surface area (Å²) in [7, 11) is 1.61. The van der Waals surface area contributed by atoms with E-state index in [1.54, 1.807) is 7.05 Å². The molecule has 0 unspecified atom stereocenters. The molecule has 0 bridgehead atoms. The Morgan fingerprint density at radius 1 is 0.923 bits per heavy atom. The van der Waals surface area contributed by atoms with E-state index in [4.69, 9.17) is 0 Å². The van der Waals surface area contributed by atoms with Crippen LogP contribution < -0.4 is 10.6 Å². The lowest BCUT2D eigenvalue weighted by molar-refractivity contribution is -0.119. The molecule has 0 saturated heterocycles. The smallest absolute Gasteiger partial charge is 0.238 e. The van der Waals surface area contributed by atoms with E-state index in [0.717, 1.165) is 35.0 Å². The summed E-state index contributed by atoms with van der Waals surface area (Å²) in [4.78, 5) is 25.6. The van der Waals surface area contributed by atoms with E-state index < -0.39 is 17.5 Å². The first-order valence-corrected chi connectivity index (χ1v) is 8.05. The van der Waals surface area contributed by atoms with Crippen LogP contribution in [-0.4, -0.2) is 36.9 Å². The van der Waals surface area contributed by atoms with Gasteiger partial charge in [0.2, 0.25) is 11.8 Å². The molecule has 0 aliphatic rings. The van der Waals surface area contributed by atoms with E-state index in [1.807, 2.05) is 32.0 Å². The number of nitrogens with one attached hydrogen (secondary N) is 2. The Morgan fingerprint density at radius 3 is 1.96 bits per heavy atom. The molecule has 138 valence electrons. The number of halogens is 2. The molecule has 2 amide bonds. The highest BCUT2D eigenvalue weighted by atomic mass is 19.1. The molecule has 0 aliphatic heterocycles. The number of carbonyl (C=O) groups is 2. The Balaban J connectivity index is 1.88. The van der Waals surface area contributed by atoms with Gasteiger partial charge in [0, 0.05) is 17.4 Å². The third-order valence-corrected chi connectivity index (χ3v) is 3.72. The van der Waals surface area contributed by atoms with Crippen LogP contribution in [0.3, 0.4) is 0 Å². The summed E-state index contributed by atoms with van der Waals surface area (Å²) < 4.78 is 26.3. The number of aryl methyl sites for hydroxylation is 2. The Bertz CT molecular complexity index is 784. The quantitative estimate of drug-likeness (QED) is 0.831. The zero-order chi connectivity index (χ0) is 19.3. The van der Waals surface area contributed by atoms with Crippen LogP contribution in [0.15, 0.2) is 36.4 Å². The molecule has 2 rings (SSSR count). The maximum Gasteiger partial charge on any atom is 0.238 e. The van der Waals surface area contributed by atoms with Gasteiger partial charge in [-0.3, -0.25) is 14.5 Å².